The highest BCUT2D eigenvalue weighted by atomic mass is 19.1. The number of hydrogen-bond acceptors (Lipinski definition) is 4. The first-order valence-corrected chi connectivity index (χ1v) is 11.5. The molecule has 1 spiro atoms. The molecule has 2 atom stereocenters. The standard InChI is InChI=1S/C28H22FN3O3/c29-22-8-2-3-9-23(22)31-26(33)16-32-24-10-4-1-7-20(24)28(27(32)34)17-35-25-12-11-18(14-21(25)28)19-6-5-13-30-15-19/h1-6,8-15,20H,7,16-17H2,(H,31,33). The lowest BCUT2D eigenvalue weighted by atomic mass is 9.70. The number of carbonyl (C=O) groups is 2. The highest BCUT2D eigenvalue weighted by Crippen LogP contribution is 2.55. The van der Waals surface area contributed by atoms with E-state index in [2.05, 4.69) is 10.3 Å². The summed E-state index contributed by atoms with van der Waals surface area (Å²) in [6.45, 7) is 0.00165. The molecule has 174 valence electrons. The molecule has 1 N–H and O–H groups in total. The zero-order valence-corrected chi connectivity index (χ0v) is 18.8. The summed E-state index contributed by atoms with van der Waals surface area (Å²) in [6.07, 6.45) is 9.99. The maximum absolute atomic E-state index is 14.1. The second kappa shape index (κ2) is 8.20. The molecule has 3 aliphatic rings. The number of halogens is 1. The zero-order valence-electron chi connectivity index (χ0n) is 18.8. The van der Waals surface area contributed by atoms with E-state index in [0.29, 0.717) is 12.2 Å². The average Bonchev–Trinajstić information content (AvgIpc) is 3.38. The average molecular weight is 468 g/mol. The molecule has 2 aromatic carbocycles. The minimum Gasteiger partial charge on any atom is -0.492 e. The molecule has 1 fully saturated rings. The van der Waals surface area contributed by atoms with Crippen molar-refractivity contribution >= 4 is 17.5 Å². The highest BCUT2D eigenvalue weighted by Gasteiger charge is 2.61. The van der Waals surface area contributed by atoms with E-state index in [4.69, 9.17) is 4.74 Å². The Bertz CT molecular complexity index is 1400. The van der Waals surface area contributed by atoms with Gasteiger partial charge in [0.15, 0.2) is 0 Å². The SMILES string of the molecule is O=C(CN1C(=O)C2(COc3ccc(-c4cccnc4)cc32)C2CC=CC=C21)Nc1ccccc1F. The molecule has 2 unspecified atom stereocenters. The number of likely N-dealkylation sites (tertiary alicyclic amines) is 1. The summed E-state index contributed by atoms with van der Waals surface area (Å²) in [7, 11) is 0. The maximum atomic E-state index is 14.1. The number of rotatable bonds is 4. The number of pyridine rings is 1. The molecule has 1 aromatic heterocycles. The van der Waals surface area contributed by atoms with Crippen molar-refractivity contribution in [2.75, 3.05) is 18.5 Å². The second-order valence-electron chi connectivity index (χ2n) is 8.94. The van der Waals surface area contributed by atoms with Gasteiger partial charge in [-0.15, -0.1) is 0 Å². The van der Waals surface area contributed by atoms with Gasteiger partial charge in [-0.05, 0) is 48.4 Å². The molecular formula is C28H22FN3O3. The third-order valence-corrected chi connectivity index (χ3v) is 7.03. The number of aromatic nitrogens is 1. The molecule has 35 heavy (non-hydrogen) atoms. The summed E-state index contributed by atoms with van der Waals surface area (Å²) >= 11 is 0. The van der Waals surface area contributed by atoms with Crippen molar-refractivity contribution in [3.63, 3.8) is 0 Å². The van der Waals surface area contributed by atoms with Crippen LogP contribution >= 0.6 is 0 Å². The van der Waals surface area contributed by atoms with Crippen LogP contribution < -0.4 is 10.1 Å². The first kappa shape index (κ1) is 21.3. The summed E-state index contributed by atoms with van der Waals surface area (Å²) < 4.78 is 20.1. The summed E-state index contributed by atoms with van der Waals surface area (Å²) in [5.74, 6) is -0.644. The van der Waals surface area contributed by atoms with Gasteiger partial charge in [-0.1, -0.05) is 36.4 Å². The lowest BCUT2D eigenvalue weighted by Gasteiger charge is -2.27. The number of nitrogens with zero attached hydrogens (tertiary/aromatic N) is 2. The van der Waals surface area contributed by atoms with Gasteiger partial charge in [-0.3, -0.25) is 14.6 Å². The molecule has 1 aliphatic carbocycles. The molecule has 6 rings (SSSR count). The predicted octanol–water partition coefficient (Wildman–Crippen LogP) is 4.46. The van der Waals surface area contributed by atoms with Gasteiger partial charge in [0.05, 0.1) is 5.69 Å². The lowest BCUT2D eigenvalue weighted by molar-refractivity contribution is -0.135. The van der Waals surface area contributed by atoms with Crippen LogP contribution in [0.5, 0.6) is 5.75 Å². The largest absolute Gasteiger partial charge is 0.492 e. The van der Waals surface area contributed by atoms with Crippen LogP contribution in [0, 0.1) is 11.7 Å². The number of carbonyl (C=O) groups excluding carboxylic acids is 2. The number of amides is 2. The van der Waals surface area contributed by atoms with Crippen molar-refractivity contribution in [2.24, 2.45) is 5.92 Å². The fraction of sp³-hybridized carbons (Fsp3) is 0.179. The molecule has 2 aliphatic heterocycles. The number of allylic oxidation sites excluding steroid dienone is 4. The van der Waals surface area contributed by atoms with E-state index in [1.54, 1.807) is 24.5 Å². The van der Waals surface area contributed by atoms with Gasteiger partial charge >= 0.3 is 0 Å². The number of nitrogens with one attached hydrogen (secondary N) is 1. The van der Waals surface area contributed by atoms with Crippen molar-refractivity contribution < 1.29 is 18.7 Å². The van der Waals surface area contributed by atoms with Crippen molar-refractivity contribution in [3.8, 4) is 16.9 Å². The first-order valence-electron chi connectivity index (χ1n) is 11.5. The monoisotopic (exact) mass is 467 g/mol. The number of para-hydroxylation sites is 1. The van der Waals surface area contributed by atoms with Crippen LogP contribution in [0.1, 0.15) is 12.0 Å². The normalized spacial score (nSPS) is 22.0. The molecular weight excluding hydrogens is 445 g/mol. The van der Waals surface area contributed by atoms with Crippen LogP contribution in [0.2, 0.25) is 0 Å². The molecule has 7 heteroatoms. The minimum atomic E-state index is -0.928. The third-order valence-electron chi connectivity index (χ3n) is 7.03. The Kier molecular flexibility index (Phi) is 4.99. The van der Waals surface area contributed by atoms with E-state index in [0.717, 1.165) is 22.4 Å². The molecule has 3 heterocycles. The molecule has 6 nitrogen and oxygen atoms in total. The first-order chi connectivity index (χ1) is 17.1. The summed E-state index contributed by atoms with van der Waals surface area (Å²) in [5.41, 5.74) is 2.66. The Balaban J connectivity index is 1.36. The Morgan fingerprint density at radius 2 is 2.06 bits per heavy atom. The second-order valence-corrected chi connectivity index (χ2v) is 8.94. The highest BCUT2D eigenvalue weighted by molar-refractivity contribution is 6.01. The Morgan fingerprint density at radius 1 is 1.17 bits per heavy atom. The van der Waals surface area contributed by atoms with Crippen LogP contribution in [0.25, 0.3) is 11.1 Å². The van der Waals surface area contributed by atoms with Gasteiger partial charge in [-0.25, -0.2) is 4.39 Å². The van der Waals surface area contributed by atoms with E-state index < -0.39 is 17.1 Å². The quantitative estimate of drug-likeness (QED) is 0.615. The Morgan fingerprint density at radius 3 is 2.89 bits per heavy atom. The maximum Gasteiger partial charge on any atom is 0.244 e. The van der Waals surface area contributed by atoms with E-state index in [1.807, 2.05) is 48.6 Å². The molecule has 0 bridgehead atoms. The van der Waals surface area contributed by atoms with Gasteiger partial charge < -0.3 is 15.0 Å². The van der Waals surface area contributed by atoms with Gasteiger partial charge in [-0.2, -0.15) is 0 Å². The molecule has 0 saturated carbocycles. The van der Waals surface area contributed by atoms with Crippen molar-refractivity contribution in [1.29, 1.82) is 0 Å². The van der Waals surface area contributed by atoms with Crippen molar-refractivity contribution in [2.45, 2.75) is 11.8 Å². The number of fused-ring (bicyclic) bond motifs is 4. The van der Waals surface area contributed by atoms with Crippen LogP contribution in [-0.2, 0) is 15.0 Å². The van der Waals surface area contributed by atoms with Crippen LogP contribution in [-0.4, -0.2) is 34.8 Å². The fourth-order valence-corrected chi connectivity index (χ4v) is 5.37. The summed E-state index contributed by atoms with van der Waals surface area (Å²) in [6, 6.07) is 15.7. The van der Waals surface area contributed by atoms with E-state index >= 15 is 0 Å². The van der Waals surface area contributed by atoms with Crippen LogP contribution in [0.4, 0.5) is 10.1 Å². The molecule has 3 aromatic rings. The molecule has 0 radical (unpaired) electrons. The molecule has 1 saturated heterocycles. The Hall–Kier alpha value is -4.26. The predicted molar refractivity (Wildman–Crippen MR) is 129 cm³/mol. The number of benzene rings is 2. The minimum absolute atomic E-state index is 0.0867. The van der Waals surface area contributed by atoms with Gasteiger partial charge in [0.2, 0.25) is 11.8 Å². The van der Waals surface area contributed by atoms with Crippen molar-refractivity contribution in [3.05, 3.63) is 102 Å². The van der Waals surface area contributed by atoms with E-state index in [-0.39, 0.29) is 30.7 Å². The Labute approximate surface area is 201 Å². The summed E-state index contributed by atoms with van der Waals surface area (Å²) in [4.78, 5) is 32.7. The summed E-state index contributed by atoms with van der Waals surface area (Å²) in [5, 5.41) is 2.59. The van der Waals surface area contributed by atoms with Gasteiger partial charge in [0, 0.05) is 35.1 Å². The third kappa shape index (κ3) is 3.34. The lowest BCUT2D eigenvalue weighted by Crippen LogP contribution is -2.43. The number of anilines is 1. The van der Waals surface area contributed by atoms with Gasteiger partial charge in [0.1, 0.15) is 30.1 Å². The van der Waals surface area contributed by atoms with Crippen LogP contribution in [0.15, 0.2) is 90.9 Å². The molecule has 2 amide bonds. The number of hydrogen-bond donors (Lipinski definition) is 1. The fourth-order valence-electron chi connectivity index (χ4n) is 5.37. The smallest absolute Gasteiger partial charge is 0.244 e. The topological polar surface area (TPSA) is 71.5 Å². The van der Waals surface area contributed by atoms with E-state index in [1.165, 1.54) is 17.0 Å². The zero-order chi connectivity index (χ0) is 24.0. The van der Waals surface area contributed by atoms with Crippen molar-refractivity contribution in [1.82, 2.24) is 9.88 Å². The van der Waals surface area contributed by atoms with Gasteiger partial charge in [0.25, 0.3) is 0 Å². The van der Waals surface area contributed by atoms with Crippen LogP contribution in [0.3, 0.4) is 0 Å². The van der Waals surface area contributed by atoms with E-state index in [9.17, 15) is 14.0 Å². The number of ether oxygens (including phenoxy) is 1.